The molecule has 7 nitrogen and oxygen atoms in total. The van der Waals surface area contributed by atoms with Gasteiger partial charge in [-0.15, -0.1) is 0 Å². The van der Waals surface area contributed by atoms with Crippen molar-refractivity contribution in [2.45, 2.75) is 6.42 Å². The topological polar surface area (TPSA) is 110 Å². The van der Waals surface area contributed by atoms with Crippen LogP contribution in [0.2, 0.25) is 0 Å². The van der Waals surface area contributed by atoms with E-state index in [9.17, 15) is 9.59 Å². The highest BCUT2D eigenvalue weighted by Crippen LogP contribution is 2.29. The van der Waals surface area contributed by atoms with E-state index < -0.39 is 0 Å². The number of benzene rings is 2. The molecule has 3 rings (SSSR count). The third-order valence-corrected chi connectivity index (χ3v) is 4.02. The van der Waals surface area contributed by atoms with E-state index >= 15 is 0 Å². The molecule has 0 unspecified atom stereocenters. The fourth-order valence-electron chi connectivity index (χ4n) is 2.73. The molecule has 27 heavy (non-hydrogen) atoms. The Morgan fingerprint density at radius 1 is 1.19 bits per heavy atom. The van der Waals surface area contributed by atoms with Crippen LogP contribution in [0.1, 0.15) is 16.2 Å². The molecule has 3 aromatic rings. The number of methoxy groups -OCH3 is 1. The zero-order valence-electron chi connectivity index (χ0n) is 14.9. The van der Waals surface area contributed by atoms with Gasteiger partial charge < -0.3 is 20.8 Å². The highest BCUT2D eigenvalue weighted by atomic mass is 16.5. The van der Waals surface area contributed by atoms with Crippen molar-refractivity contribution in [3.05, 3.63) is 76.3 Å². The van der Waals surface area contributed by atoms with Crippen molar-refractivity contribution in [2.75, 3.05) is 19.4 Å². The number of carbonyl (C=O) groups is 1. The van der Waals surface area contributed by atoms with Crippen molar-refractivity contribution >= 4 is 11.7 Å². The van der Waals surface area contributed by atoms with Crippen molar-refractivity contribution in [1.82, 2.24) is 15.3 Å². The Bertz CT molecular complexity index is 997. The van der Waals surface area contributed by atoms with Crippen LogP contribution in [0.25, 0.3) is 11.1 Å². The van der Waals surface area contributed by atoms with Crippen LogP contribution in [0.5, 0.6) is 5.75 Å². The van der Waals surface area contributed by atoms with Crippen molar-refractivity contribution < 1.29 is 9.53 Å². The standard InChI is InChI=1S/C20H20N4O3/c1-27-16-5-3-2-4-15(16)13-6-8-14(9-7-13)20(26)22-11-10-18-23-17(21)12-19(25)24-18/h2-9,12H,10-11H2,1H3,(H,22,26)(H3,21,23,24,25). The van der Waals surface area contributed by atoms with Crippen molar-refractivity contribution in [3.8, 4) is 16.9 Å². The lowest BCUT2D eigenvalue weighted by molar-refractivity contribution is 0.0954. The summed E-state index contributed by atoms with van der Waals surface area (Å²) in [6.45, 7) is 0.333. The monoisotopic (exact) mass is 364 g/mol. The summed E-state index contributed by atoms with van der Waals surface area (Å²) in [5.74, 6) is 1.17. The second-order valence-corrected chi connectivity index (χ2v) is 5.90. The van der Waals surface area contributed by atoms with E-state index in [1.54, 1.807) is 19.2 Å². The third kappa shape index (κ3) is 4.52. The largest absolute Gasteiger partial charge is 0.496 e. The van der Waals surface area contributed by atoms with Crippen LogP contribution in [0.4, 0.5) is 5.82 Å². The molecule has 1 aromatic heterocycles. The highest BCUT2D eigenvalue weighted by Gasteiger charge is 2.08. The first kappa shape index (κ1) is 18.2. The number of anilines is 1. The molecule has 2 aromatic carbocycles. The van der Waals surface area contributed by atoms with Crippen molar-refractivity contribution in [3.63, 3.8) is 0 Å². The van der Waals surface area contributed by atoms with Gasteiger partial charge in [0.1, 0.15) is 17.4 Å². The summed E-state index contributed by atoms with van der Waals surface area (Å²) in [7, 11) is 1.63. The lowest BCUT2D eigenvalue weighted by Gasteiger charge is -2.09. The number of carbonyl (C=O) groups excluding carboxylic acids is 1. The number of hydrogen-bond acceptors (Lipinski definition) is 5. The minimum atomic E-state index is -0.309. The van der Waals surface area contributed by atoms with Gasteiger partial charge in [0, 0.05) is 30.2 Å². The average molecular weight is 364 g/mol. The van der Waals surface area contributed by atoms with E-state index in [1.165, 1.54) is 6.07 Å². The number of nitrogens with zero attached hydrogens (tertiary/aromatic N) is 1. The Kier molecular flexibility index (Phi) is 5.51. The number of amides is 1. The second-order valence-electron chi connectivity index (χ2n) is 5.90. The quantitative estimate of drug-likeness (QED) is 0.620. The van der Waals surface area contributed by atoms with Crippen LogP contribution in [-0.2, 0) is 6.42 Å². The smallest absolute Gasteiger partial charge is 0.252 e. The maximum atomic E-state index is 12.3. The summed E-state index contributed by atoms with van der Waals surface area (Å²) in [5.41, 5.74) is 7.70. The maximum Gasteiger partial charge on any atom is 0.252 e. The highest BCUT2D eigenvalue weighted by molar-refractivity contribution is 5.94. The van der Waals surface area contributed by atoms with Gasteiger partial charge in [-0.05, 0) is 23.8 Å². The number of nitrogens with one attached hydrogen (secondary N) is 2. The van der Waals surface area contributed by atoms with Crippen LogP contribution in [0.15, 0.2) is 59.4 Å². The molecular formula is C20H20N4O3. The molecule has 0 atom stereocenters. The summed E-state index contributed by atoms with van der Waals surface area (Å²) >= 11 is 0. The van der Waals surface area contributed by atoms with Gasteiger partial charge in [-0.1, -0.05) is 30.3 Å². The molecule has 138 valence electrons. The van der Waals surface area contributed by atoms with Crippen LogP contribution in [-0.4, -0.2) is 29.5 Å². The molecule has 0 aliphatic heterocycles. The molecule has 0 bridgehead atoms. The molecule has 4 N–H and O–H groups in total. The Hall–Kier alpha value is -3.61. The normalized spacial score (nSPS) is 10.4. The zero-order valence-corrected chi connectivity index (χ0v) is 14.9. The molecule has 1 heterocycles. The Morgan fingerprint density at radius 3 is 2.63 bits per heavy atom. The van der Waals surface area contributed by atoms with Gasteiger partial charge >= 0.3 is 0 Å². The Labute approximate surface area is 156 Å². The van der Waals surface area contributed by atoms with E-state index in [2.05, 4.69) is 15.3 Å². The maximum absolute atomic E-state index is 12.3. The molecule has 1 amide bonds. The van der Waals surface area contributed by atoms with Gasteiger partial charge in [0.25, 0.3) is 11.5 Å². The van der Waals surface area contributed by atoms with Crippen LogP contribution >= 0.6 is 0 Å². The molecule has 0 aliphatic rings. The molecule has 0 fully saturated rings. The van der Waals surface area contributed by atoms with Gasteiger partial charge in [-0.3, -0.25) is 9.59 Å². The van der Waals surface area contributed by atoms with Gasteiger partial charge in [-0.2, -0.15) is 0 Å². The number of rotatable bonds is 6. The summed E-state index contributed by atoms with van der Waals surface area (Å²) in [6.07, 6.45) is 0.380. The fourth-order valence-corrected chi connectivity index (χ4v) is 2.73. The molecule has 0 aliphatic carbocycles. The van der Waals surface area contributed by atoms with Gasteiger partial charge in [-0.25, -0.2) is 4.98 Å². The van der Waals surface area contributed by atoms with E-state index in [4.69, 9.17) is 10.5 Å². The first-order valence-electron chi connectivity index (χ1n) is 8.44. The Morgan fingerprint density at radius 2 is 1.93 bits per heavy atom. The summed E-state index contributed by atoms with van der Waals surface area (Å²) in [4.78, 5) is 30.3. The van der Waals surface area contributed by atoms with Crippen LogP contribution < -0.4 is 21.3 Å². The van der Waals surface area contributed by atoms with Gasteiger partial charge in [0.05, 0.1) is 7.11 Å². The fraction of sp³-hybridized carbons (Fsp3) is 0.150. The summed E-state index contributed by atoms with van der Waals surface area (Å²) in [5, 5.41) is 2.80. The first-order chi connectivity index (χ1) is 13.1. The average Bonchev–Trinajstić information content (AvgIpc) is 2.67. The van der Waals surface area contributed by atoms with Gasteiger partial charge in [0.15, 0.2) is 0 Å². The minimum absolute atomic E-state index is 0.159. The number of aromatic amines is 1. The third-order valence-electron chi connectivity index (χ3n) is 4.02. The number of ether oxygens (including phenoxy) is 1. The molecule has 0 saturated heterocycles. The lowest BCUT2D eigenvalue weighted by atomic mass is 10.0. The number of nitrogens with two attached hydrogens (primary N) is 1. The lowest BCUT2D eigenvalue weighted by Crippen LogP contribution is -2.26. The van der Waals surface area contributed by atoms with Crippen molar-refractivity contribution in [2.24, 2.45) is 0 Å². The summed E-state index contributed by atoms with van der Waals surface area (Å²) in [6, 6.07) is 16.2. The first-order valence-corrected chi connectivity index (χ1v) is 8.44. The van der Waals surface area contributed by atoms with E-state index in [0.29, 0.717) is 24.4 Å². The molecular weight excluding hydrogens is 344 g/mol. The Balaban J connectivity index is 1.63. The minimum Gasteiger partial charge on any atom is -0.496 e. The molecule has 7 heteroatoms. The van der Waals surface area contributed by atoms with Crippen LogP contribution in [0.3, 0.4) is 0 Å². The zero-order chi connectivity index (χ0) is 19.2. The summed E-state index contributed by atoms with van der Waals surface area (Å²) < 4.78 is 5.37. The predicted molar refractivity (Wildman–Crippen MR) is 104 cm³/mol. The van der Waals surface area contributed by atoms with Crippen molar-refractivity contribution in [1.29, 1.82) is 0 Å². The number of hydrogen-bond donors (Lipinski definition) is 3. The molecule has 0 radical (unpaired) electrons. The number of para-hydroxylation sites is 1. The van der Waals surface area contributed by atoms with E-state index in [0.717, 1.165) is 16.9 Å². The number of aromatic nitrogens is 2. The number of nitrogen functional groups attached to an aromatic ring is 1. The predicted octanol–water partition coefficient (Wildman–Crippen LogP) is 2.00. The van der Waals surface area contributed by atoms with Crippen LogP contribution in [0, 0.1) is 0 Å². The molecule has 0 saturated carbocycles. The number of H-pyrrole nitrogens is 1. The second kappa shape index (κ2) is 8.18. The van der Waals surface area contributed by atoms with Gasteiger partial charge in [0.2, 0.25) is 0 Å². The van der Waals surface area contributed by atoms with E-state index in [-0.39, 0.29) is 17.3 Å². The SMILES string of the molecule is COc1ccccc1-c1ccc(C(=O)NCCc2nc(N)cc(=O)[nH]2)cc1. The van der Waals surface area contributed by atoms with E-state index in [1.807, 2.05) is 36.4 Å². The molecule has 0 spiro atoms.